The van der Waals surface area contributed by atoms with Crippen LogP contribution in [0.1, 0.15) is 46.8 Å². The highest BCUT2D eigenvalue weighted by atomic mass is 35.5. The summed E-state index contributed by atoms with van der Waals surface area (Å²) in [6.45, 7) is 2.16. The molecular formula is C19H16Cl2F2N4O2. The van der Waals surface area contributed by atoms with Gasteiger partial charge < -0.3 is 14.6 Å². The molecule has 3 heterocycles. The second kappa shape index (κ2) is 7.42. The monoisotopic (exact) mass is 440 g/mol. The largest absolute Gasteiger partial charge is 0.494 e. The van der Waals surface area contributed by atoms with Crippen molar-refractivity contribution in [2.24, 2.45) is 0 Å². The average molecular weight is 441 g/mol. The summed E-state index contributed by atoms with van der Waals surface area (Å²) in [4.78, 5) is 25.8. The number of carbonyl (C=O) groups is 1. The first-order valence-electron chi connectivity index (χ1n) is 8.81. The van der Waals surface area contributed by atoms with Gasteiger partial charge in [0.05, 0.1) is 41.1 Å². The highest BCUT2D eigenvalue weighted by molar-refractivity contribution is 6.45. The molecule has 1 atom stereocenters. The quantitative estimate of drug-likeness (QED) is 0.623. The summed E-state index contributed by atoms with van der Waals surface area (Å²) >= 11 is 12.3. The molecule has 0 saturated heterocycles. The minimum Gasteiger partial charge on any atom is -0.494 e. The zero-order chi connectivity index (χ0) is 20.9. The molecule has 0 bridgehead atoms. The summed E-state index contributed by atoms with van der Waals surface area (Å²) in [5.74, 6) is 0.0511. The average Bonchev–Trinajstić information content (AvgIpc) is 3.11. The molecule has 10 heteroatoms. The van der Waals surface area contributed by atoms with E-state index in [4.69, 9.17) is 27.9 Å². The van der Waals surface area contributed by atoms with Gasteiger partial charge in [0.25, 0.3) is 12.3 Å². The number of hydrogen-bond donors (Lipinski definition) is 1. The first-order valence-corrected chi connectivity index (χ1v) is 9.56. The van der Waals surface area contributed by atoms with Gasteiger partial charge in [-0.3, -0.25) is 4.79 Å². The predicted octanol–water partition coefficient (Wildman–Crippen LogP) is 4.97. The fraction of sp³-hybridized carbons (Fsp3) is 0.316. The van der Waals surface area contributed by atoms with Gasteiger partial charge in [-0.25, -0.2) is 18.7 Å². The van der Waals surface area contributed by atoms with Crippen molar-refractivity contribution in [3.8, 4) is 5.75 Å². The van der Waals surface area contributed by atoms with Crippen LogP contribution in [-0.4, -0.2) is 39.4 Å². The highest BCUT2D eigenvalue weighted by Gasteiger charge is 2.34. The normalized spacial score (nSPS) is 16.4. The zero-order valence-corrected chi connectivity index (χ0v) is 17.0. The Morgan fingerprint density at radius 1 is 1.34 bits per heavy atom. The van der Waals surface area contributed by atoms with Gasteiger partial charge in [0.2, 0.25) is 5.82 Å². The van der Waals surface area contributed by atoms with Crippen LogP contribution in [-0.2, 0) is 6.42 Å². The third kappa shape index (κ3) is 3.20. The number of nitrogens with zero attached hydrogens (tertiary/aromatic N) is 3. The van der Waals surface area contributed by atoms with Crippen molar-refractivity contribution in [3.05, 3.63) is 51.2 Å². The molecule has 0 aliphatic carbocycles. The summed E-state index contributed by atoms with van der Waals surface area (Å²) in [6.07, 6.45) is 0.522. The molecular weight excluding hydrogens is 425 g/mol. The summed E-state index contributed by atoms with van der Waals surface area (Å²) in [5, 5.41) is 0.550. The number of H-pyrrole nitrogens is 1. The lowest BCUT2D eigenvalue weighted by Crippen LogP contribution is -2.39. The van der Waals surface area contributed by atoms with E-state index in [0.29, 0.717) is 35.2 Å². The van der Waals surface area contributed by atoms with Crippen LogP contribution in [0.15, 0.2) is 18.5 Å². The van der Waals surface area contributed by atoms with Gasteiger partial charge in [0.15, 0.2) is 5.75 Å². The summed E-state index contributed by atoms with van der Waals surface area (Å²) in [7, 11) is 1.48. The molecule has 4 rings (SSSR count). The maximum absolute atomic E-state index is 13.7. The molecule has 0 spiro atoms. The lowest BCUT2D eigenvalue weighted by molar-refractivity contribution is 0.0665. The molecule has 152 valence electrons. The van der Waals surface area contributed by atoms with Gasteiger partial charge in [-0.05, 0) is 13.0 Å². The topological polar surface area (TPSA) is 71.1 Å². The summed E-state index contributed by atoms with van der Waals surface area (Å²) in [6, 6.07) is 0.700. The van der Waals surface area contributed by atoms with E-state index < -0.39 is 12.5 Å². The second-order valence-electron chi connectivity index (χ2n) is 6.70. The molecule has 1 aromatic carbocycles. The molecule has 29 heavy (non-hydrogen) atoms. The van der Waals surface area contributed by atoms with Crippen molar-refractivity contribution in [3.63, 3.8) is 0 Å². The van der Waals surface area contributed by atoms with E-state index in [-0.39, 0.29) is 27.3 Å². The molecule has 1 amide bonds. The zero-order valence-electron chi connectivity index (χ0n) is 15.5. The third-order valence-electron chi connectivity index (χ3n) is 5.16. The molecule has 0 unspecified atom stereocenters. The minimum atomic E-state index is -2.74. The molecule has 6 nitrogen and oxygen atoms in total. The molecule has 0 saturated carbocycles. The molecule has 1 aliphatic rings. The van der Waals surface area contributed by atoms with Crippen molar-refractivity contribution in [2.45, 2.75) is 25.8 Å². The van der Waals surface area contributed by atoms with E-state index in [1.807, 2.05) is 0 Å². The van der Waals surface area contributed by atoms with Crippen molar-refractivity contribution < 1.29 is 18.3 Å². The second-order valence-corrected chi connectivity index (χ2v) is 7.49. The van der Waals surface area contributed by atoms with E-state index in [2.05, 4.69) is 15.0 Å². The lowest BCUT2D eigenvalue weighted by Gasteiger charge is -2.33. The Morgan fingerprint density at radius 2 is 2.03 bits per heavy atom. The van der Waals surface area contributed by atoms with E-state index >= 15 is 0 Å². The lowest BCUT2D eigenvalue weighted by atomic mass is 9.94. The highest BCUT2D eigenvalue weighted by Crippen LogP contribution is 2.44. The van der Waals surface area contributed by atoms with Crippen molar-refractivity contribution in [2.75, 3.05) is 13.7 Å². The van der Waals surface area contributed by atoms with Gasteiger partial charge in [0.1, 0.15) is 0 Å². The third-order valence-corrected chi connectivity index (χ3v) is 5.95. The number of amides is 1. The number of alkyl halides is 2. The number of nitrogens with one attached hydrogen (secondary N) is 1. The van der Waals surface area contributed by atoms with Crippen LogP contribution < -0.4 is 4.74 Å². The standard InChI is InChI=1S/C19H16Cl2F2N4O2/c1-8-13-12(26-16-14(13)10(17(22)23)5-11(20)15(16)21)3-4-27(8)19(28)18-24-6-9(29-2)7-25-18/h5-8,17,26H,3-4H2,1-2H3/t8-/m1/s1. The van der Waals surface area contributed by atoms with Gasteiger partial charge >= 0.3 is 0 Å². The number of rotatable bonds is 3. The van der Waals surface area contributed by atoms with Crippen LogP contribution in [0.4, 0.5) is 8.78 Å². The fourth-order valence-corrected chi connectivity index (χ4v) is 4.18. The predicted molar refractivity (Wildman–Crippen MR) is 105 cm³/mol. The van der Waals surface area contributed by atoms with Gasteiger partial charge in [0, 0.05) is 35.2 Å². The Kier molecular flexibility index (Phi) is 5.08. The molecule has 0 radical (unpaired) electrons. The maximum atomic E-state index is 13.7. The van der Waals surface area contributed by atoms with E-state index in [1.165, 1.54) is 25.6 Å². The maximum Gasteiger partial charge on any atom is 0.292 e. The van der Waals surface area contributed by atoms with Crippen LogP contribution in [0.25, 0.3) is 10.9 Å². The van der Waals surface area contributed by atoms with Gasteiger partial charge in [-0.1, -0.05) is 23.2 Å². The van der Waals surface area contributed by atoms with Crippen LogP contribution >= 0.6 is 23.2 Å². The smallest absolute Gasteiger partial charge is 0.292 e. The van der Waals surface area contributed by atoms with Crippen LogP contribution in [0, 0.1) is 0 Å². The first-order chi connectivity index (χ1) is 13.8. The summed E-state index contributed by atoms with van der Waals surface area (Å²) < 4.78 is 32.5. The number of aromatic amines is 1. The van der Waals surface area contributed by atoms with Gasteiger partial charge in [-0.2, -0.15) is 0 Å². The Bertz CT molecular complexity index is 1100. The molecule has 1 aliphatic heterocycles. The Hall–Kier alpha value is -2.45. The minimum absolute atomic E-state index is 0.0103. The SMILES string of the molecule is COc1cnc(C(=O)N2CCc3[nH]c4c(Cl)c(Cl)cc(C(F)F)c4c3[C@H]2C)nc1. The van der Waals surface area contributed by atoms with E-state index in [9.17, 15) is 13.6 Å². The van der Waals surface area contributed by atoms with Crippen molar-refractivity contribution >= 4 is 40.0 Å². The Morgan fingerprint density at radius 3 is 2.66 bits per heavy atom. The Balaban J connectivity index is 1.80. The van der Waals surface area contributed by atoms with Crippen LogP contribution in [0.5, 0.6) is 5.75 Å². The molecule has 2 aromatic heterocycles. The molecule has 0 fully saturated rings. The number of hydrogen-bond acceptors (Lipinski definition) is 4. The molecule has 3 aromatic rings. The van der Waals surface area contributed by atoms with Gasteiger partial charge in [-0.15, -0.1) is 0 Å². The number of benzene rings is 1. The number of carbonyl (C=O) groups excluding carboxylic acids is 1. The number of halogens is 4. The van der Waals surface area contributed by atoms with Crippen molar-refractivity contribution in [1.29, 1.82) is 0 Å². The fourth-order valence-electron chi connectivity index (χ4n) is 3.77. The number of aromatic nitrogens is 3. The van der Waals surface area contributed by atoms with E-state index in [1.54, 1.807) is 11.8 Å². The number of fused-ring (bicyclic) bond motifs is 3. The summed E-state index contributed by atoms with van der Waals surface area (Å²) in [5.41, 5.74) is 1.52. The number of methoxy groups -OCH3 is 1. The first kappa shape index (κ1) is 19.8. The van der Waals surface area contributed by atoms with Crippen LogP contribution in [0.3, 0.4) is 0 Å². The van der Waals surface area contributed by atoms with Crippen LogP contribution in [0.2, 0.25) is 10.0 Å². The number of ether oxygens (including phenoxy) is 1. The molecule has 1 N–H and O–H groups in total. The van der Waals surface area contributed by atoms with E-state index in [0.717, 1.165) is 5.69 Å². The van der Waals surface area contributed by atoms with Crippen molar-refractivity contribution in [1.82, 2.24) is 19.9 Å². The Labute approximate surface area is 174 Å².